The summed E-state index contributed by atoms with van der Waals surface area (Å²) >= 11 is 0. The van der Waals surface area contributed by atoms with Crippen LogP contribution in [0.2, 0.25) is 0 Å². The molecule has 2 fully saturated rings. The number of nitriles is 1. The summed E-state index contributed by atoms with van der Waals surface area (Å²) in [5.74, 6) is -0.461. The molecule has 35 heavy (non-hydrogen) atoms. The number of halogens is 1. The molecule has 9 heteroatoms. The number of hydrogen-bond acceptors (Lipinski definition) is 5. The molecule has 2 aromatic rings. The third-order valence-corrected chi connectivity index (χ3v) is 9.38. The summed E-state index contributed by atoms with van der Waals surface area (Å²) in [7, 11) is -3.63. The Kier molecular flexibility index (Phi) is 7.72. The highest BCUT2D eigenvalue weighted by molar-refractivity contribution is 7.89. The van der Waals surface area contributed by atoms with Gasteiger partial charge in [-0.05, 0) is 37.5 Å². The van der Waals surface area contributed by atoms with Gasteiger partial charge in [-0.3, -0.25) is 4.79 Å². The van der Waals surface area contributed by atoms with Crippen molar-refractivity contribution in [2.75, 3.05) is 31.1 Å². The van der Waals surface area contributed by atoms with E-state index in [0.717, 1.165) is 12.0 Å². The number of anilines is 1. The normalized spacial score (nSPS) is 22.5. The van der Waals surface area contributed by atoms with Gasteiger partial charge in [-0.2, -0.15) is 9.57 Å². The maximum absolute atomic E-state index is 15.2. The van der Waals surface area contributed by atoms with E-state index >= 15 is 4.39 Å². The van der Waals surface area contributed by atoms with Gasteiger partial charge in [0.2, 0.25) is 15.9 Å². The molecule has 0 saturated carbocycles. The Balaban J connectivity index is 1.44. The van der Waals surface area contributed by atoms with Crippen LogP contribution in [0.15, 0.2) is 48.5 Å². The quantitative estimate of drug-likeness (QED) is 0.604. The number of rotatable bonds is 6. The average molecular weight is 499 g/mol. The molecule has 2 aliphatic rings. The summed E-state index contributed by atoms with van der Waals surface area (Å²) in [6.45, 7) is 4.08. The van der Waals surface area contributed by atoms with Crippen molar-refractivity contribution >= 4 is 21.6 Å². The van der Waals surface area contributed by atoms with Crippen LogP contribution in [0.5, 0.6) is 0 Å². The number of hydrogen-bond donors (Lipinski definition) is 0. The van der Waals surface area contributed by atoms with Crippen LogP contribution in [-0.4, -0.2) is 55.8 Å². The second-order valence-corrected chi connectivity index (χ2v) is 11.3. The number of piperazine rings is 1. The summed E-state index contributed by atoms with van der Waals surface area (Å²) in [6.07, 6.45) is 1.71. The van der Waals surface area contributed by atoms with Gasteiger partial charge in [-0.25, -0.2) is 12.8 Å². The molecular formula is C26H31FN4O3S. The van der Waals surface area contributed by atoms with Crippen LogP contribution >= 0.6 is 0 Å². The Bertz CT molecular complexity index is 1190. The van der Waals surface area contributed by atoms with Crippen molar-refractivity contribution in [1.82, 2.24) is 9.21 Å². The van der Waals surface area contributed by atoms with Crippen molar-refractivity contribution < 1.29 is 17.6 Å². The maximum Gasteiger partial charge on any atom is 0.223 e. The molecule has 4 rings (SSSR count). The van der Waals surface area contributed by atoms with Gasteiger partial charge >= 0.3 is 0 Å². The number of carbonyl (C=O) groups is 1. The van der Waals surface area contributed by atoms with Gasteiger partial charge in [0.1, 0.15) is 11.1 Å². The van der Waals surface area contributed by atoms with Crippen LogP contribution in [0.25, 0.3) is 0 Å². The third-order valence-electron chi connectivity index (χ3n) is 7.01. The smallest absolute Gasteiger partial charge is 0.223 e. The summed E-state index contributed by atoms with van der Waals surface area (Å²) < 4.78 is 43.5. The fourth-order valence-corrected chi connectivity index (χ4v) is 7.10. The first-order chi connectivity index (χ1) is 16.8. The second kappa shape index (κ2) is 10.8. The standard InChI is InChI=1S/C26H31FN4O3S/c1-20-9-12-25(21-6-3-2-4-7-21)35(33,34)31(20)19-22-10-11-23(18-24(22)27)29-14-16-30(17-15-29)26(32)8-5-13-28/h2-4,6-7,10-11,18,20,25H,5,8-9,12,14-17,19H2,1H3. The fourth-order valence-electron chi connectivity index (χ4n) is 4.92. The van der Waals surface area contributed by atoms with Crippen LogP contribution in [0, 0.1) is 17.1 Å². The number of sulfonamides is 1. The summed E-state index contributed by atoms with van der Waals surface area (Å²) in [4.78, 5) is 15.9. The van der Waals surface area contributed by atoms with Gasteiger partial charge in [-0.1, -0.05) is 36.4 Å². The minimum Gasteiger partial charge on any atom is -0.368 e. The van der Waals surface area contributed by atoms with Gasteiger partial charge in [-0.15, -0.1) is 0 Å². The third kappa shape index (κ3) is 5.49. The van der Waals surface area contributed by atoms with E-state index in [1.807, 2.05) is 54.3 Å². The predicted octanol–water partition coefficient (Wildman–Crippen LogP) is 3.83. The van der Waals surface area contributed by atoms with Crippen molar-refractivity contribution in [2.45, 2.75) is 50.4 Å². The highest BCUT2D eigenvalue weighted by Gasteiger charge is 2.40. The molecule has 2 aliphatic heterocycles. The first-order valence-electron chi connectivity index (χ1n) is 12.0. The molecule has 7 nitrogen and oxygen atoms in total. The lowest BCUT2D eigenvalue weighted by Gasteiger charge is -2.38. The summed E-state index contributed by atoms with van der Waals surface area (Å²) in [6, 6.07) is 16.0. The minimum absolute atomic E-state index is 0.000118. The molecule has 2 aromatic carbocycles. The molecule has 0 bridgehead atoms. The fraction of sp³-hybridized carbons (Fsp3) is 0.462. The van der Waals surface area contributed by atoms with Crippen LogP contribution in [0.4, 0.5) is 10.1 Å². The van der Waals surface area contributed by atoms with Gasteiger partial charge in [0.15, 0.2) is 0 Å². The van der Waals surface area contributed by atoms with E-state index < -0.39 is 21.1 Å². The highest BCUT2D eigenvalue weighted by atomic mass is 32.2. The van der Waals surface area contributed by atoms with Crippen LogP contribution in [-0.2, 0) is 21.4 Å². The van der Waals surface area contributed by atoms with Gasteiger partial charge < -0.3 is 9.80 Å². The predicted molar refractivity (Wildman–Crippen MR) is 132 cm³/mol. The lowest BCUT2D eigenvalue weighted by atomic mass is 10.0. The van der Waals surface area contributed by atoms with Crippen LogP contribution < -0.4 is 4.90 Å². The van der Waals surface area contributed by atoms with Gasteiger partial charge in [0.25, 0.3) is 0 Å². The maximum atomic E-state index is 15.2. The molecule has 2 heterocycles. The Morgan fingerprint density at radius 3 is 2.46 bits per heavy atom. The Morgan fingerprint density at radius 1 is 1.09 bits per heavy atom. The zero-order chi connectivity index (χ0) is 25.0. The molecule has 0 spiro atoms. The van der Waals surface area contributed by atoms with E-state index in [4.69, 9.17) is 5.26 Å². The van der Waals surface area contributed by atoms with Gasteiger partial charge in [0.05, 0.1) is 6.07 Å². The number of benzene rings is 2. The Labute approximate surface area is 206 Å². The average Bonchev–Trinajstić information content (AvgIpc) is 2.86. The van der Waals surface area contributed by atoms with Crippen molar-refractivity contribution in [1.29, 1.82) is 5.26 Å². The monoisotopic (exact) mass is 498 g/mol. The largest absolute Gasteiger partial charge is 0.368 e. The molecule has 2 unspecified atom stereocenters. The lowest BCUT2D eigenvalue weighted by molar-refractivity contribution is -0.131. The topological polar surface area (TPSA) is 84.7 Å². The van der Waals surface area contributed by atoms with Crippen LogP contribution in [0.3, 0.4) is 0 Å². The molecule has 2 atom stereocenters. The summed E-state index contributed by atoms with van der Waals surface area (Å²) in [5.41, 5.74) is 1.83. The van der Waals surface area contributed by atoms with Crippen molar-refractivity contribution in [3.05, 3.63) is 65.5 Å². The molecule has 0 N–H and O–H groups in total. The van der Waals surface area contributed by atoms with Gasteiger partial charge in [0, 0.05) is 62.9 Å². The first-order valence-corrected chi connectivity index (χ1v) is 13.5. The van der Waals surface area contributed by atoms with E-state index in [-0.39, 0.29) is 31.3 Å². The zero-order valence-electron chi connectivity index (χ0n) is 19.9. The number of carbonyl (C=O) groups excluding carboxylic acids is 1. The molecular weight excluding hydrogens is 467 g/mol. The Morgan fingerprint density at radius 2 is 1.80 bits per heavy atom. The molecule has 1 amide bonds. The first kappa shape index (κ1) is 25.1. The molecule has 0 aromatic heterocycles. The minimum atomic E-state index is -3.63. The number of nitrogens with zero attached hydrogens (tertiary/aromatic N) is 4. The van der Waals surface area contributed by atoms with E-state index in [0.29, 0.717) is 43.9 Å². The van der Waals surface area contributed by atoms with E-state index in [1.165, 1.54) is 10.4 Å². The van der Waals surface area contributed by atoms with E-state index in [2.05, 4.69) is 0 Å². The molecule has 0 aliphatic carbocycles. The zero-order valence-corrected chi connectivity index (χ0v) is 20.8. The van der Waals surface area contributed by atoms with Crippen LogP contribution in [0.1, 0.15) is 49.0 Å². The molecule has 2 saturated heterocycles. The second-order valence-electron chi connectivity index (χ2n) is 9.22. The molecule has 0 radical (unpaired) electrons. The SMILES string of the molecule is CC1CCC(c2ccccc2)S(=O)(=O)N1Cc1ccc(N2CCN(C(=O)CCC#N)CC2)cc1F. The number of amides is 1. The Hall–Kier alpha value is -2.96. The van der Waals surface area contributed by atoms with E-state index in [1.54, 1.807) is 11.0 Å². The summed E-state index contributed by atoms with van der Waals surface area (Å²) in [5, 5.41) is 8.05. The van der Waals surface area contributed by atoms with Crippen molar-refractivity contribution in [3.63, 3.8) is 0 Å². The highest BCUT2D eigenvalue weighted by Crippen LogP contribution is 2.38. The van der Waals surface area contributed by atoms with E-state index in [9.17, 15) is 13.2 Å². The lowest BCUT2D eigenvalue weighted by Crippen LogP contribution is -2.48. The van der Waals surface area contributed by atoms with Crippen molar-refractivity contribution in [2.24, 2.45) is 0 Å². The molecule has 186 valence electrons. The van der Waals surface area contributed by atoms with Crippen molar-refractivity contribution in [3.8, 4) is 6.07 Å².